The molecule has 0 fully saturated rings. The fraction of sp³-hybridized carbons (Fsp3) is 0.400. The van der Waals surface area contributed by atoms with Gasteiger partial charge in [0.1, 0.15) is 5.82 Å². The lowest BCUT2D eigenvalue weighted by molar-refractivity contribution is 0.238. The Labute approximate surface area is 89.1 Å². The van der Waals surface area contributed by atoms with Crippen molar-refractivity contribution < 1.29 is 4.79 Å². The quantitative estimate of drug-likeness (QED) is 0.689. The fourth-order valence-electron chi connectivity index (χ4n) is 1.08. The minimum absolute atomic E-state index is 0.124. The molecule has 0 aromatic carbocycles. The minimum Gasteiger partial charge on any atom is -0.384 e. The van der Waals surface area contributed by atoms with Crippen LogP contribution in [0.2, 0.25) is 0 Å². The Morgan fingerprint density at radius 1 is 1.53 bits per heavy atom. The van der Waals surface area contributed by atoms with E-state index < -0.39 is 0 Å². The number of urea groups is 1. The van der Waals surface area contributed by atoms with Crippen LogP contribution < -0.4 is 16.4 Å². The van der Waals surface area contributed by atoms with Gasteiger partial charge in [0.25, 0.3) is 0 Å². The highest BCUT2D eigenvalue weighted by Gasteiger charge is 2.02. The first kappa shape index (κ1) is 11.3. The molecule has 0 unspecified atom stereocenters. The average Bonchev–Trinajstić information content (AvgIpc) is 2.14. The standard InChI is InChI=1S/C10H16N4O/c1-7(2)13-10(15)12-6-8-4-3-5-9(11)14-8/h3-5,7H,6H2,1-2H3,(H2,11,14)(H2,12,13,15). The Morgan fingerprint density at radius 2 is 2.27 bits per heavy atom. The predicted molar refractivity (Wildman–Crippen MR) is 59.2 cm³/mol. The van der Waals surface area contributed by atoms with Gasteiger partial charge in [-0.15, -0.1) is 0 Å². The molecule has 0 bridgehead atoms. The van der Waals surface area contributed by atoms with Crippen molar-refractivity contribution in [2.45, 2.75) is 26.4 Å². The third-order valence-electron chi connectivity index (χ3n) is 1.68. The van der Waals surface area contributed by atoms with Gasteiger partial charge in [-0.3, -0.25) is 0 Å². The number of carbonyl (C=O) groups is 1. The third kappa shape index (κ3) is 4.30. The molecular weight excluding hydrogens is 192 g/mol. The number of nitrogens with one attached hydrogen (secondary N) is 2. The van der Waals surface area contributed by atoms with Crippen LogP contribution in [0.3, 0.4) is 0 Å². The summed E-state index contributed by atoms with van der Waals surface area (Å²) in [6.45, 7) is 4.18. The highest BCUT2D eigenvalue weighted by molar-refractivity contribution is 5.74. The summed E-state index contributed by atoms with van der Waals surface area (Å²) in [5, 5.41) is 5.41. The van der Waals surface area contributed by atoms with Gasteiger partial charge in [-0.25, -0.2) is 9.78 Å². The molecule has 0 aliphatic rings. The first-order valence-corrected chi connectivity index (χ1v) is 4.83. The van der Waals surface area contributed by atoms with Gasteiger partial charge in [0.2, 0.25) is 0 Å². The number of carbonyl (C=O) groups excluding carboxylic acids is 1. The number of nitrogen functional groups attached to an aromatic ring is 1. The van der Waals surface area contributed by atoms with Crippen molar-refractivity contribution in [3.8, 4) is 0 Å². The second-order valence-corrected chi connectivity index (χ2v) is 3.54. The van der Waals surface area contributed by atoms with E-state index in [0.717, 1.165) is 5.69 Å². The first-order valence-electron chi connectivity index (χ1n) is 4.83. The van der Waals surface area contributed by atoms with Crippen LogP contribution in [0.15, 0.2) is 18.2 Å². The molecular formula is C10H16N4O. The number of nitrogens with two attached hydrogens (primary N) is 1. The van der Waals surface area contributed by atoms with Crippen molar-refractivity contribution in [3.63, 3.8) is 0 Å². The maximum Gasteiger partial charge on any atom is 0.315 e. The Hall–Kier alpha value is -1.78. The second-order valence-electron chi connectivity index (χ2n) is 3.54. The van der Waals surface area contributed by atoms with Gasteiger partial charge in [-0.05, 0) is 26.0 Å². The Kier molecular flexibility index (Phi) is 3.91. The van der Waals surface area contributed by atoms with Crippen LogP contribution in [0.25, 0.3) is 0 Å². The van der Waals surface area contributed by atoms with Crippen molar-refractivity contribution in [3.05, 3.63) is 23.9 Å². The molecule has 5 heteroatoms. The summed E-state index contributed by atoms with van der Waals surface area (Å²) in [6, 6.07) is 5.25. The highest BCUT2D eigenvalue weighted by Crippen LogP contribution is 1.99. The van der Waals surface area contributed by atoms with E-state index in [0.29, 0.717) is 12.4 Å². The molecule has 0 spiro atoms. The molecule has 0 aliphatic carbocycles. The Bertz CT molecular complexity index is 338. The Morgan fingerprint density at radius 3 is 2.87 bits per heavy atom. The van der Waals surface area contributed by atoms with E-state index in [1.807, 2.05) is 19.9 Å². The molecule has 0 saturated heterocycles. The zero-order chi connectivity index (χ0) is 11.3. The van der Waals surface area contributed by atoms with E-state index in [-0.39, 0.29) is 12.1 Å². The van der Waals surface area contributed by atoms with Crippen molar-refractivity contribution in [2.24, 2.45) is 0 Å². The van der Waals surface area contributed by atoms with E-state index in [4.69, 9.17) is 5.73 Å². The molecule has 1 aromatic rings. The molecule has 1 rings (SSSR count). The summed E-state index contributed by atoms with van der Waals surface area (Å²) in [7, 11) is 0. The van der Waals surface area contributed by atoms with Crippen LogP contribution in [-0.2, 0) is 6.54 Å². The summed E-state index contributed by atoms with van der Waals surface area (Å²) < 4.78 is 0. The van der Waals surface area contributed by atoms with Crippen LogP contribution >= 0.6 is 0 Å². The zero-order valence-electron chi connectivity index (χ0n) is 8.95. The lowest BCUT2D eigenvalue weighted by Gasteiger charge is -2.09. The molecule has 5 nitrogen and oxygen atoms in total. The maximum absolute atomic E-state index is 11.2. The number of pyridine rings is 1. The van der Waals surface area contributed by atoms with Crippen LogP contribution in [0, 0.1) is 0 Å². The van der Waals surface area contributed by atoms with Crippen molar-refractivity contribution in [1.29, 1.82) is 0 Å². The molecule has 82 valence electrons. The van der Waals surface area contributed by atoms with Gasteiger partial charge in [-0.2, -0.15) is 0 Å². The maximum atomic E-state index is 11.2. The van der Waals surface area contributed by atoms with E-state index in [1.165, 1.54) is 0 Å². The molecule has 2 amide bonds. The molecule has 0 aliphatic heterocycles. The molecule has 0 radical (unpaired) electrons. The molecule has 0 saturated carbocycles. The van der Waals surface area contributed by atoms with E-state index in [2.05, 4.69) is 15.6 Å². The van der Waals surface area contributed by atoms with Crippen LogP contribution in [0.4, 0.5) is 10.6 Å². The van der Waals surface area contributed by atoms with Gasteiger partial charge in [-0.1, -0.05) is 6.07 Å². The number of hydrogen-bond donors (Lipinski definition) is 3. The topological polar surface area (TPSA) is 80.0 Å². The van der Waals surface area contributed by atoms with Crippen LogP contribution in [-0.4, -0.2) is 17.1 Å². The van der Waals surface area contributed by atoms with Gasteiger partial charge >= 0.3 is 6.03 Å². The summed E-state index contributed by atoms with van der Waals surface area (Å²) in [4.78, 5) is 15.3. The Balaban J connectivity index is 2.40. The lowest BCUT2D eigenvalue weighted by atomic mass is 10.3. The normalized spacial score (nSPS) is 10.1. The zero-order valence-corrected chi connectivity index (χ0v) is 8.95. The smallest absolute Gasteiger partial charge is 0.315 e. The van der Waals surface area contributed by atoms with Crippen molar-refractivity contribution >= 4 is 11.8 Å². The second kappa shape index (κ2) is 5.19. The average molecular weight is 208 g/mol. The van der Waals surface area contributed by atoms with Crippen LogP contribution in [0.5, 0.6) is 0 Å². The van der Waals surface area contributed by atoms with E-state index >= 15 is 0 Å². The highest BCUT2D eigenvalue weighted by atomic mass is 16.2. The summed E-state index contributed by atoms with van der Waals surface area (Å²) in [5.74, 6) is 0.457. The van der Waals surface area contributed by atoms with Crippen LogP contribution in [0.1, 0.15) is 19.5 Å². The van der Waals surface area contributed by atoms with Gasteiger partial charge < -0.3 is 16.4 Å². The van der Waals surface area contributed by atoms with Gasteiger partial charge in [0.05, 0.1) is 12.2 Å². The summed E-state index contributed by atoms with van der Waals surface area (Å²) >= 11 is 0. The monoisotopic (exact) mass is 208 g/mol. The molecule has 15 heavy (non-hydrogen) atoms. The minimum atomic E-state index is -0.200. The number of aromatic nitrogens is 1. The van der Waals surface area contributed by atoms with E-state index in [1.54, 1.807) is 12.1 Å². The lowest BCUT2D eigenvalue weighted by Crippen LogP contribution is -2.39. The van der Waals surface area contributed by atoms with Crippen molar-refractivity contribution in [2.75, 3.05) is 5.73 Å². The molecule has 1 aromatic heterocycles. The summed E-state index contributed by atoms with van der Waals surface area (Å²) in [6.07, 6.45) is 0. The number of nitrogens with zero attached hydrogens (tertiary/aromatic N) is 1. The molecule has 0 atom stereocenters. The fourth-order valence-corrected chi connectivity index (χ4v) is 1.08. The molecule has 4 N–H and O–H groups in total. The van der Waals surface area contributed by atoms with Gasteiger partial charge in [0.15, 0.2) is 0 Å². The van der Waals surface area contributed by atoms with Crippen molar-refractivity contribution in [1.82, 2.24) is 15.6 Å². The number of amides is 2. The van der Waals surface area contributed by atoms with E-state index in [9.17, 15) is 4.79 Å². The number of rotatable bonds is 3. The first-order chi connectivity index (χ1) is 7.08. The number of anilines is 1. The predicted octanol–water partition coefficient (Wildman–Crippen LogP) is 0.871. The SMILES string of the molecule is CC(C)NC(=O)NCc1cccc(N)n1. The summed E-state index contributed by atoms with van der Waals surface area (Å²) in [5.41, 5.74) is 6.25. The number of hydrogen-bond acceptors (Lipinski definition) is 3. The van der Waals surface area contributed by atoms with Gasteiger partial charge in [0, 0.05) is 6.04 Å². The molecule has 1 heterocycles. The third-order valence-corrected chi connectivity index (χ3v) is 1.68. The largest absolute Gasteiger partial charge is 0.384 e.